The van der Waals surface area contributed by atoms with Crippen molar-refractivity contribution in [2.24, 2.45) is 0 Å². The lowest BCUT2D eigenvalue weighted by molar-refractivity contribution is -0.138. The van der Waals surface area contributed by atoms with Crippen molar-refractivity contribution >= 4 is 21.9 Å². The van der Waals surface area contributed by atoms with Gasteiger partial charge in [0.1, 0.15) is 0 Å². The fourth-order valence-corrected chi connectivity index (χ4v) is 2.81. The minimum absolute atomic E-state index is 0.108. The third-order valence-corrected chi connectivity index (χ3v) is 4.01. The Labute approximate surface area is 122 Å². The molecule has 1 aromatic heterocycles. The number of carboxylic acid groups (broad SMARTS) is 1. The van der Waals surface area contributed by atoms with Gasteiger partial charge < -0.3 is 5.11 Å². The Morgan fingerprint density at radius 3 is 2.53 bits per heavy atom. The van der Waals surface area contributed by atoms with Crippen LogP contribution in [0.4, 0.5) is 0 Å². The predicted molar refractivity (Wildman–Crippen MR) is 77.0 cm³/mol. The van der Waals surface area contributed by atoms with E-state index in [0.29, 0.717) is 0 Å². The van der Waals surface area contributed by atoms with E-state index in [1.165, 1.54) is 12.8 Å². The molecule has 0 spiro atoms. The van der Waals surface area contributed by atoms with Crippen LogP contribution in [0.15, 0.2) is 22.8 Å². The number of pyridine rings is 1. The molecule has 0 bridgehead atoms. The van der Waals surface area contributed by atoms with Crippen molar-refractivity contribution in [1.29, 1.82) is 0 Å². The normalized spacial score (nSPS) is 18.8. The number of carbonyl (C=O) groups is 1. The molecular formula is C14H19BrN2O2. The Hall–Kier alpha value is -0.940. The Bertz CT molecular complexity index is 414. The van der Waals surface area contributed by atoms with Gasteiger partial charge in [-0.3, -0.25) is 14.7 Å². The van der Waals surface area contributed by atoms with Crippen LogP contribution in [-0.4, -0.2) is 34.0 Å². The highest BCUT2D eigenvalue weighted by Gasteiger charge is 2.24. The molecule has 1 atom stereocenters. The second kappa shape index (κ2) is 7.01. The van der Waals surface area contributed by atoms with Crippen LogP contribution in [0.2, 0.25) is 0 Å². The van der Waals surface area contributed by atoms with Crippen LogP contribution in [-0.2, 0) is 4.79 Å². The first-order valence-electron chi connectivity index (χ1n) is 6.74. The minimum atomic E-state index is -0.765. The smallest absolute Gasteiger partial charge is 0.305 e. The molecule has 1 saturated heterocycles. The van der Waals surface area contributed by atoms with E-state index in [1.54, 1.807) is 6.20 Å². The maximum absolute atomic E-state index is 11.1. The van der Waals surface area contributed by atoms with Gasteiger partial charge in [0.25, 0.3) is 0 Å². The number of hydrogen-bond donors (Lipinski definition) is 1. The van der Waals surface area contributed by atoms with E-state index in [0.717, 1.165) is 36.1 Å². The maximum Gasteiger partial charge on any atom is 0.305 e. The highest BCUT2D eigenvalue weighted by molar-refractivity contribution is 9.10. The van der Waals surface area contributed by atoms with Crippen LogP contribution in [0.3, 0.4) is 0 Å². The fraction of sp³-hybridized carbons (Fsp3) is 0.571. The van der Waals surface area contributed by atoms with Gasteiger partial charge in [0.05, 0.1) is 18.2 Å². The number of aliphatic carboxylic acids is 1. The van der Waals surface area contributed by atoms with Crippen molar-refractivity contribution in [3.05, 3.63) is 28.5 Å². The lowest BCUT2D eigenvalue weighted by atomic mass is 10.1. The van der Waals surface area contributed by atoms with E-state index in [2.05, 4.69) is 25.8 Å². The number of rotatable bonds is 4. The zero-order valence-electron chi connectivity index (χ0n) is 10.9. The van der Waals surface area contributed by atoms with Gasteiger partial charge in [-0.1, -0.05) is 12.8 Å². The summed E-state index contributed by atoms with van der Waals surface area (Å²) in [6.07, 6.45) is 6.63. The van der Waals surface area contributed by atoms with Gasteiger partial charge in [-0.15, -0.1) is 0 Å². The van der Waals surface area contributed by atoms with Gasteiger partial charge in [0.15, 0.2) is 0 Å². The number of aromatic nitrogens is 1. The van der Waals surface area contributed by atoms with Crippen molar-refractivity contribution in [2.75, 3.05) is 13.1 Å². The summed E-state index contributed by atoms with van der Waals surface area (Å²) in [4.78, 5) is 17.8. The molecule has 2 heterocycles. The summed E-state index contributed by atoms with van der Waals surface area (Å²) in [5.41, 5.74) is 0.854. The van der Waals surface area contributed by atoms with Crippen LogP contribution < -0.4 is 0 Å². The van der Waals surface area contributed by atoms with Crippen molar-refractivity contribution < 1.29 is 9.90 Å². The fourth-order valence-electron chi connectivity index (χ4n) is 2.58. The lowest BCUT2D eigenvalue weighted by Crippen LogP contribution is -2.32. The Morgan fingerprint density at radius 1 is 1.32 bits per heavy atom. The molecule has 0 aromatic carbocycles. The van der Waals surface area contributed by atoms with Crippen LogP contribution in [0.1, 0.15) is 43.8 Å². The summed E-state index contributed by atoms with van der Waals surface area (Å²) in [5.74, 6) is -0.765. The topological polar surface area (TPSA) is 53.4 Å². The highest BCUT2D eigenvalue weighted by atomic mass is 79.9. The van der Waals surface area contributed by atoms with Gasteiger partial charge in [-0.25, -0.2) is 0 Å². The maximum atomic E-state index is 11.1. The number of carboxylic acids is 1. The van der Waals surface area contributed by atoms with Crippen LogP contribution >= 0.6 is 15.9 Å². The lowest BCUT2D eigenvalue weighted by Gasteiger charge is -2.29. The molecule has 2 rings (SSSR count). The van der Waals surface area contributed by atoms with Gasteiger partial charge >= 0.3 is 5.97 Å². The van der Waals surface area contributed by atoms with Crippen LogP contribution in [0.25, 0.3) is 0 Å². The largest absolute Gasteiger partial charge is 0.481 e. The van der Waals surface area contributed by atoms with Gasteiger partial charge in [0.2, 0.25) is 0 Å². The molecule has 1 unspecified atom stereocenters. The summed E-state index contributed by atoms with van der Waals surface area (Å²) in [5, 5.41) is 9.14. The SMILES string of the molecule is O=C(O)CC(c1ccc(Br)cn1)N1CCCCCC1. The standard InChI is InChI=1S/C14H19BrN2O2/c15-11-5-6-12(16-10-11)13(9-14(18)19)17-7-3-1-2-4-8-17/h5-6,10,13H,1-4,7-9H2,(H,18,19). The zero-order chi connectivity index (χ0) is 13.7. The summed E-state index contributed by atoms with van der Waals surface area (Å²) < 4.78 is 0.918. The second-order valence-corrected chi connectivity index (χ2v) is 5.88. The molecule has 4 nitrogen and oxygen atoms in total. The van der Waals surface area contributed by atoms with Gasteiger partial charge in [0, 0.05) is 10.7 Å². The summed E-state index contributed by atoms with van der Waals surface area (Å²) in [6, 6.07) is 3.74. The summed E-state index contributed by atoms with van der Waals surface area (Å²) in [7, 11) is 0. The third kappa shape index (κ3) is 4.28. The average Bonchev–Trinajstić information content (AvgIpc) is 2.65. The molecule has 1 fully saturated rings. The van der Waals surface area contributed by atoms with E-state index in [1.807, 2.05) is 12.1 Å². The molecule has 104 valence electrons. The zero-order valence-corrected chi connectivity index (χ0v) is 12.5. The molecule has 1 aromatic rings. The molecule has 0 saturated carbocycles. The van der Waals surface area contributed by atoms with Crippen LogP contribution in [0, 0.1) is 0 Å². The second-order valence-electron chi connectivity index (χ2n) is 4.97. The van der Waals surface area contributed by atoms with E-state index < -0.39 is 5.97 Å². The van der Waals surface area contributed by atoms with Gasteiger partial charge in [-0.2, -0.15) is 0 Å². The average molecular weight is 327 g/mol. The minimum Gasteiger partial charge on any atom is -0.481 e. The van der Waals surface area contributed by atoms with E-state index in [-0.39, 0.29) is 12.5 Å². The first-order chi connectivity index (χ1) is 9.16. The quantitative estimate of drug-likeness (QED) is 0.922. The first-order valence-corrected chi connectivity index (χ1v) is 7.53. The van der Waals surface area contributed by atoms with Crippen molar-refractivity contribution in [1.82, 2.24) is 9.88 Å². The van der Waals surface area contributed by atoms with Crippen molar-refractivity contribution in [3.8, 4) is 0 Å². The van der Waals surface area contributed by atoms with Crippen LogP contribution in [0.5, 0.6) is 0 Å². The van der Waals surface area contributed by atoms with E-state index in [4.69, 9.17) is 5.11 Å². The molecular weight excluding hydrogens is 308 g/mol. The number of halogens is 1. The molecule has 19 heavy (non-hydrogen) atoms. The molecule has 1 N–H and O–H groups in total. The molecule has 1 aliphatic rings. The highest BCUT2D eigenvalue weighted by Crippen LogP contribution is 2.26. The molecule has 0 amide bonds. The third-order valence-electron chi connectivity index (χ3n) is 3.54. The monoisotopic (exact) mass is 326 g/mol. The number of nitrogens with zero attached hydrogens (tertiary/aromatic N) is 2. The summed E-state index contributed by atoms with van der Waals surface area (Å²) >= 11 is 3.36. The Balaban J connectivity index is 2.18. The Kier molecular flexibility index (Phi) is 5.34. The molecule has 0 aliphatic carbocycles. The van der Waals surface area contributed by atoms with Gasteiger partial charge in [-0.05, 0) is 54.0 Å². The number of likely N-dealkylation sites (tertiary alicyclic amines) is 1. The van der Waals surface area contributed by atoms with E-state index in [9.17, 15) is 4.79 Å². The first kappa shape index (κ1) is 14.5. The van der Waals surface area contributed by atoms with Crippen molar-refractivity contribution in [3.63, 3.8) is 0 Å². The predicted octanol–water partition coefficient (Wildman–Crippen LogP) is 3.24. The van der Waals surface area contributed by atoms with E-state index >= 15 is 0 Å². The molecule has 0 radical (unpaired) electrons. The Morgan fingerprint density at radius 2 is 2.00 bits per heavy atom. The number of hydrogen-bond acceptors (Lipinski definition) is 3. The molecule has 5 heteroatoms. The summed E-state index contributed by atoms with van der Waals surface area (Å²) in [6.45, 7) is 1.94. The molecule has 1 aliphatic heterocycles. The van der Waals surface area contributed by atoms with Crippen molar-refractivity contribution in [2.45, 2.75) is 38.1 Å².